The molecule has 0 saturated carbocycles. The van der Waals surface area contributed by atoms with E-state index in [0.29, 0.717) is 0 Å². The summed E-state index contributed by atoms with van der Waals surface area (Å²) in [6.07, 6.45) is 0. The maximum Gasteiger partial charge on any atom is 0.0775 e. The number of hydrogen-bond acceptors (Lipinski definition) is 3. The van der Waals surface area contributed by atoms with E-state index >= 15 is 0 Å². The molecule has 1 aromatic heterocycles. The van der Waals surface area contributed by atoms with Gasteiger partial charge >= 0.3 is 0 Å². The Hall–Kier alpha value is -1.09. The van der Waals surface area contributed by atoms with Gasteiger partial charge in [-0.15, -0.1) is 0 Å². The second-order valence-corrected chi connectivity index (χ2v) is 3.23. The molecule has 0 fully saturated rings. The van der Waals surface area contributed by atoms with Crippen molar-refractivity contribution in [1.29, 1.82) is 0 Å². The van der Waals surface area contributed by atoms with Crippen LogP contribution in [0.25, 0.3) is 0 Å². The number of nitrogens with two attached hydrogens (primary N) is 1. The van der Waals surface area contributed by atoms with Crippen LogP contribution < -0.4 is 5.73 Å². The third kappa shape index (κ3) is 2.20. The van der Waals surface area contributed by atoms with Gasteiger partial charge in [0.15, 0.2) is 0 Å². The molecular weight excluding hydrogens is 150 g/mol. The van der Waals surface area contributed by atoms with Gasteiger partial charge in [0, 0.05) is 12.2 Å². The molecule has 0 unspecified atom stereocenters. The van der Waals surface area contributed by atoms with Crippen molar-refractivity contribution in [3.8, 4) is 0 Å². The maximum atomic E-state index is 5.75. The van der Waals surface area contributed by atoms with E-state index in [-0.39, 0.29) is 0 Å². The van der Waals surface area contributed by atoms with Gasteiger partial charge in [0.25, 0.3) is 0 Å². The first kappa shape index (κ1) is 9.00. The molecule has 0 bridgehead atoms. The molecule has 1 aromatic rings. The Kier molecular flexibility index (Phi) is 2.65. The summed E-state index contributed by atoms with van der Waals surface area (Å²) in [4.78, 5) is 6.40. The Bertz CT molecular complexity index is 268. The fourth-order valence-electron chi connectivity index (χ4n) is 1.05. The van der Waals surface area contributed by atoms with E-state index in [2.05, 4.69) is 9.88 Å². The van der Waals surface area contributed by atoms with Gasteiger partial charge in [-0.1, -0.05) is 0 Å². The van der Waals surface area contributed by atoms with E-state index in [9.17, 15) is 0 Å². The van der Waals surface area contributed by atoms with Crippen LogP contribution in [0.15, 0.2) is 12.1 Å². The Morgan fingerprint density at radius 2 is 2.08 bits per heavy atom. The van der Waals surface area contributed by atoms with Crippen molar-refractivity contribution in [2.75, 3.05) is 19.8 Å². The van der Waals surface area contributed by atoms with Gasteiger partial charge in [0.1, 0.15) is 0 Å². The molecule has 12 heavy (non-hydrogen) atoms. The average molecular weight is 165 g/mol. The van der Waals surface area contributed by atoms with Crippen LogP contribution in [0.3, 0.4) is 0 Å². The Morgan fingerprint density at radius 1 is 1.42 bits per heavy atom. The summed E-state index contributed by atoms with van der Waals surface area (Å²) in [5, 5.41) is 0. The van der Waals surface area contributed by atoms with E-state index in [1.165, 1.54) is 0 Å². The number of nitrogens with zero attached hydrogens (tertiary/aromatic N) is 2. The highest BCUT2D eigenvalue weighted by atomic mass is 15.1. The second kappa shape index (κ2) is 3.54. The first-order valence-corrected chi connectivity index (χ1v) is 3.96. The fourth-order valence-corrected chi connectivity index (χ4v) is 1.05. The smallest absolute Gasteiger partial charge is 0.0775 e. The molecule has 0 radical (unpaired) electrons. The van der Waals surface area contributed by atoms with E-state index in [1.54, 1.807) is 0 Å². The van der Waals surface area contributed by atoms with Crippen molar-refractivity contribution >= 4 is 5.69 Å². The molecule has 3 nitrogen and oxygen atoms in total. The minimum absolute atomic E-state index is 0.773. The highest BCUT2D eigenvalue weighted by Crippen LogP contribution is 2.10. The van der Waals surface area contributed by atoms with Crippen molar-refractivity contribution < 1.29 is 0 Å². The fraction of sp³-hybridized carbons (Fsp3) is 0.444. The molecule has 0 aromatic carbocycles. The molecule has 0 atom stereocenters. The molecule has 0 saturated heterocycles. The van der Waals surface area contributed by atoms with E-state index in [4.69, 9.17) is 5.73 Å². The van der Waals surface area contributed by atoms with Crippen molar-refractivity contribution in [1.82, 2.24) is 9.88 Å². The number of rotatable bonds is 2. The van der Waals surface area contributed by atoms with Crippen LogP contribution in [0.5, 0.6) is 0 Å². The molecule has 0 amide bonds. The van der Waals surface area contributed by atoms with Gasteiger partial charge in [-0.2, -0.15) is 0 Å². The van der Waals surface area contributed by atoms with Crippen molar-refractivity contribution in [2.24, 2.45) is 0 Å². The van der Waals surface area contributed by atoms with Crippen LogP contribution in [-0.4, -0.2) is 24.0 Å². The summed E-state index contributed by atoms with van der Waals surface area (Å²) in [5.41, 5.74) is 8.49. The molecule has 0 aliphatic carbocycles. The van der Waals surface area contributed by atoms with Crippen LogP contribution in [0.2, 0.25) is 0 Å². The zero-order chi connectivity index (χ0) is 9.14. The quantitative estimate of drug-likeness (QED) is 0.711. The third-order valence-electron chi connectivity index (χ3n) is 1.61. The number of anilines is 1. The summed E-state index contributed by atoms with van der Waals surface area (Å²) in [7, 11) is 4.01. The zero-order valence-electron chi connectivity index (χ0n) is 7.83. The summed E-state index contributed by atoms with van der Waals surface area (Å²) < 4.78 is 0. The first-order chi connectivity index (χ1) is 5.59. The minimum atomic E-state index is 0.773. The molecule has 1 heterocycles. The molecule has 0 aliphatic rings. The van der Waals surface area contributed by atoms with Gasteiger partial charge in [-0.3, -0.25) is 4.98 Å². The van der Waals surface area contributed by atoms with Crippen molar-refractivity contribution in [2.45, 2.75) is 13.5 Å². The lowest BCUT2D eigenvalue weighted by Gasteiger charge is -2.11. The number of aryl methyl sites for hydroxylation is 1. The number of aromatic nitrogens is 1. The van der Waals surface area contributed by atoms with Crippen LogP contribution in [-0.2, 0) is 6.54 Å². The van der Waals surface area contributed by atoms with Crippen LogP contribution >= 0.6 is 0 Å². The Morgan fingerprint density at radius 3 is 2.67 bits per heavy atom. The Balaban J connectivity index is 2.90. The normalized spacial score (nSPS) is 10.7. The molecule has 0 spiro atoms. The first-order valence-electron chi connectivity index (χ1n) is 3.96. The van der Waals surface area contributed by atoms with E-state index < -0.39 is 0 Å². The zero-order valence-corrected chi connectivity index (χ0v) is 7.83. The van der Waals surface area contributed by atoms with Gasteiger partial charge in [-0.25, -0.2) is 0 Å². The van der Waals surface area contributed by atoms with Crippen molar-refractivity contribution in [3.63, 3.8) is 0 Å². The van der Waals surface area contributed by atoms with Gasteiger partial charge in [0.05, 0.1) is 11.4 Å². The number of hydrogen-bond donors (Lipinski definition) is 1. The number of pyridine rings is 1. The Labute approximate surface area is 73.2 Å². The summed E-state index contributed by atoms with van der Waals surface area (Å²) in [6.45, 7) is 2.77. The predicted octanol–water partition coefficient (Wildman–Crippen LogP) is 1.03. The second-order valence-electron chi connectivity index (χ2n) is 3.23. The molecule has 2 N–H and O–H groups in total. The van der Waals surface area contributed by atoms with Gasteiger partial charge in [-0.05, 0) is 33.2 Å². The molecule has 66 valence electrons. The van der Waals surface area contributed by atoms with Crippen LogP contribution in [0, 0.1) is 6.92 Å². The average Bonchev–Trinajstić information content (AvgIpc) is 1.96. The minimum Gasteiger partial charge on any atom is -0.397 e. The van der Waals surface area contributed by atoms with Crippen molar-refractivity contribution in [3.05, 3.63) is 23.5 Å². The monoisotopic (exact) mass is 165 g/mol. The highest BCUT2D eigenvalue weighted by Gasteiger charge is 2.01. The SMILES string of the molecule is Cc1ccc(N)c(CN(C)C)n1. The molecule has 0 aliphatic heterocycles. The molecule has 1 rings (SSSR count). The van der Waals surface area contributed by atoms with Gasteiger partial charge in [0.2, 0.25) is 0 Å². The highest BCUT2D eigenvalue weighted by molar-refractivity contribution is 5.43. The predicted molar refractivity (Wildman–Crippen MR) is 50.8 cm³/mol. The topological polar surface area (TPSA) is 42.1 Å². The van der Waals surface area contributed by atoms with Crippen LogP contribution in [0.1, 0.15) is 11.4 Å². The van der Waals surface area contributed by atoms with E-state index in [0.717, 1.165) is 23.6 Å². The lowest BCUT2D eigenvalue weighted by molar-refractivity contribution is 0.397. The molecule has 3 heteroatoms. The number of nitrogen functional groups attached to an aromatic ring is 1. The maximum absolute atomic E-state index is 5.75. The summed E-state index contributed by atoms with van der Waals surface area (Å²) in [6, 6.07) is 3.83. The summed E-state index contributed by atoms with van der Waals surface area (Å²) >= 11 is 0. The lowest BCUT2D eigenvalue weighted by atomic mass is 10.2. The third-order valence-corrected chi connectivity index (χ3v) is 1.61. The lowest BCUT2D eigenvalue weighted by Crippen LogP contribution is -2.13. The van der Waals surface area contributed by atoms with Gasteiger partial charge < -0.3 is 10.6 Å². The standard InChI is InChI=1S/C9H15N3/c1-7-4-5-8(10)9(11-7)6-12(2)3/h4-5H,6,10H2,1-3H3. The molecular formula is C9H15N3. The largest absolute Gasteiger partial charge is 0.397 e. The summed E-state index contributed by atoms with van der Waals surface area (Å²) in [5.74, 6) is 0. The van der Waals surface area contributed by atoms with E-state index in [1.807, 2.05) is 33.2 Å². The van der Waals surface area contributed by atoms with Crippen LogP contribution in [0.4, 0.5) is 5.69 Å².